The predicted octanol–water partition coefficient (Wildman–Crippen LogP) is 3.12. The van der Waals surface area contributed by atoms with E-state index in [0.29, 0.717) is 6.42 Å². The van der Waals surface area contributed by atoms with E-state index >= 15 is 0 Å². The van der Waals surface area contributed by atoms with Gasteiger partial charge in [-0.1, -0.05) is 19.9 Å². The molecule has 1 aromatic rings. The van der Waals surface area contributed by atoms with Crippen LogP contribution >= 0.6 is 0 Å². The zero-order chi connectivity index (χ0) is 14.6. The van der Waals surface area contributed by atoms with Crippen LogP contribution in [0.3, 0.4) is 0 Å². The van der Waals surface area contributed by atoms with Crippen LogP contribution in [0.2, 0.25) is 0 Å². The van der Waals surface area contributed by atoms with Crippen molar-refractivity contribution in [3.8, 4) is 0 Å². The summed E-state index contributed by atoms with van der Waals surface area (Å²) in [5.41, 5.74) is 8.56. The van der Waals surface area contributed by atoms with Gasteiger partial charge < -0.3 is 10.6 Å². The van der Waals surface area contributed by atoms with Gasteiger partial charge in [0.15, 0.2) is 0 Å². The summed E-state index contributed by atoms with van der Waals surface area (Å²) in [6, 6.07) is 4.94. The van der Waals surface area contributed by atoms with E-state index in [9.17, 15) is 4.39 Å². The van der Waals surface area contributed by atoms with Crippen molar-refractivity contribution < 1.29 is 4.39 Å². The Hall–Kier alpha value is -0.930. The van der Waals surface area contributed by atoms with E-state index in [1.807, 2.05) is 13.0 Å². The molecule has 0 saturated heterocycles. The number of aryl methyl sites for hydroxylation is 1. The van der Waals surface area contributed by atoms with Crippen LogP contribution in [0.4, 0.5) is 4.39 Å². The summed E-state index contributed by atoms with van der Waals surface area (Å²) in [6.45, 7) is 6.35. The third-order valence-electron chi connectivity index (χ3n) is 4.56. The Kier molecular flexibility index (Phi) is 5.50. The van der Waals surface area contributed by atoms with Crippen LogP contribution in [0.25, 0.3) is 0 Å². The number of nitrogens with two attached hydrogens (primary N) is 1. The van der Waals surface area contributed by atoms with E-state index in [1.165, 1.54) is 6.07 Å². The smallest absolute Gasteiger partial charge is 0.123 e. The lowest BCUT2D eigenvalue weighted by atomic mass is 9.80. The first-order valence-electron chi connectivity index (χ1n) is 7.05. The van der Waals surface area contributed by atoms with Crippen LogP contribution in [0.5, 0.6) is 0 Å². The molecule has 1 rings (SSSR count). The first kappa shape index (κ1) is 16.1. The highest BCUT2D eigenvalue weighted by molar-refractivity contribution is 5.28. The second-order valence-electron chi connectivity index (χ2n) is 5.59. The molecule has 0 fully saturated rings. The maximum Gasteiger partial charge on any atom is 0.123 e. The Morgan fingerprint density at radius 3 is 2.32 bits per heavy atom. The highest BCUT2D eigenvalue weighted by Gasteiger charge is 2.35. The van der Waals surface area contributed by atoms with Crippen LogP contribution in [-0.2, 0) is 6.42 Å². The van der Waals surface area contributed by atoms with Gasteiger partial charge in [0.25, 0.3) is 0 Å². The molecule has 0 heterocycles. The Morgan fingerprint density at radius 2 is 1.84 bits per heavy atom. The summed E-state index contributed by atoms with van der Waals surface area (Å²) >= 11 is 0. The lowest BCUT2D eigenvalue weighted by molar-refractivity contribution is 0.105. The van der Waals surface area contributed by atoms with Gasteiger partial charge in [0.2, 0.25) is 0 Å². The van der Waals surface area contributed by atoms with E-state index in [4.69, 9.17) is 5.73 Å². The fourth-order valence-electron chi connectivity index (χ4n) is 3.03. The average molecular weight is 266 g/mol. The molecule has 19 heavy (non-hydrogen) atoms. The van der Waals surface area contributed by atoms with E-state index in [0.717, 1.165) is 24.0 Å². The van der Waals surface area contributed by atoms with E-state index in [-0.39, 0.29) is 17.4 Å². The van der Waals surface area contributed by atoms with Crippen molar-refractivity contribution >= 4 is 0 Å². The summed E-state index contributed by atoms with van der Waals surface area (Å²) in [5, 5.41) is 0. The summed E-state index contributed by atoms with van der Waals surface area (Å²) in [4.78, 5) is 2.21. The van der Waals surface area contributed by atoms with Gasteiger partial charge in [-0.05, 0) is 63.5 Å². The number of nitrogens with zero attached hydrogens (tertiary/aromatic N) is 1. The molecule has 1 atom stereocenters. The van der Waals surface area contributed by atoms with Crippen LogP contribution < -0.4 is 5.73 Å². The van der Waals surface area contributed by atoms with Gasteiger partial charge in [0.05, 0.1) is 0 Å². The molecule has 0 saturated carbocycles. The fraction of sp³-hybridized carbons (Fsp3) is 0.625. The topological polar surface area (TPSA) is 29.3 Å². The van der Waals surface area contributed by atoms with Gasteiger partial charge in [-0.15, -0.1) is 0 Å². The minimum atomic E-state index is -0.184. The SMILES string of the molecule is CCC(CC)(C(N)Cc1cc(F)ccc1C)N(C)C. The standard InChI is InChI=1S/C16H27FN2/c1-6-16(7-2,19(4)5)15(18)11-13-10-14(17)9-8-12(13)3/h8-10,15H,6-7,11,18H2,1-5H3. The Morgan fingerprint density at radius 1 is 1.26 bits per heavy atom. The molecule has 0 radical (unpaired) electrons. The summed E-state index contributed by atoms with van der Waals surface area (Å²) in [7, 11) is 4.15. The third kappa shape index (κ3) is 3.34. The van der Waals surface area contributed by atoms with Crippen LogP contribution in [0.15, 0.2) is 18.2 Å². The number of benzene rings is 1. The predicted molar refractivity (Wildman–Crippen MR) is 79.8 cm³/mol. The van der Waals surface area contributed by atoms with Crippen molar-refractivity contribution in [2.75, 3.05) is 14.1 Å². The fourth-order valence-corrected chi connectivity index (χ4v) is 3.03. The molecule has 0 aliphatic carbocycles. The molecule has 0 spiro atoms. The number of rotatable bonds is 6. The number of hydrogen-bond acceptors (Lipinski definition) is 2. The van der Waals surface area contributed by atoms with Crippen molar-refractivity contribution in [2.45, 2.75) is 51.6 Å². The Bertz CT molecular complexity index is 411. The molecule has 3 heteroatoms. The van der Waals surface area contributed by atoms with Crippen LogP contribution in [0, 0.1) is 12.7 Å². The maximum atomic E-state index is 13.4. The van der Waals surface area contributed by atoms with Crippen molar-refractivity contribution in [3.05, 3.63) is 35.1 Å². The van der Waals surface area contributed by atoms with Crippen molar-refractivity contribution in [1.82, 2.24) is 4.90 Å². The first-order chi connectivity index (χ1) is 8.87. The van der Waals surface area contributed by atoms with Gasteiger partial charge in [0.1, 0.15) is 5.82 Å². The molecule has 0 aliphatic rings. The minimum Gasteiger partial charge on any atom is -0.326 e. The highest BCUT2D eigenvalue weighted by atomic mass is 19.1. The molecule has 2 N–H and O–H groups in total. The molecule has 1 unspecified atom stereocenters. The second kappa shape index (κ2) is 6.49. The third-order valence-corrected chi connectivity index (χ3v) is 4.56. The van der Waals surface area contributed by atoms with Crippen LogP contribution in [-0.4, -0.2) is 30.6 Å². The van der Waals surface area contributed by atoms with Gasteiger partial charge in [-0.25, -0.2) is 4.39 Å². The van der Waals surface area contributed by atoms with Gasteiger partial charge in [-0.2, -0.15) is 0 Å². The van der Waals surface area contributed by atoms with Crippen molar-refractivity contribution in [3.63, 3.8) is 0 Å². The summed E-state index contributed by atoms with van der Waals surface area (Å²) in [6.07, 6.45) is 2.70. The summed E-state index contributed by atoms with van der Waals surface area (Å²) < 4.78 is 13.4. The van der Waals surface area contributed by atoms with E-state index < -0.39 is 0 Å². The molecule has 108 valence electrons. The van der Waals surface area contributed by atoms with Crippen molar-refractivity contribution in [1.29, 1.82) is 0 Å². The zero-order valence-corrected chi connectivity index (χ0v) is 12.8. The molecule has 1 aromatic carbocycles. The lowest BCUT2D eigenvalue weighted by Gasteiger charge is -2.43. The molecule has 2 nitrogen and oxygen atoms in total. The second-order valence-corrected chi connectivity index (χ2v) is 5.59. The van der Waals surface area contributed by atoms with Gasteiger partial charge >= 0.3 is 0 Å². The maximum absolute atomic E-state index is 13.4. The number of likely N-dealkylation sites (N-methyl/N-ethyl adjacent to an activating group) is 1. The van der Waals surface area contributed by atoms with Crippen molar-refractivity contribution in [2.24, 2.45) is 5.73 Å². The Balaban J connectivity index is 2.99. The monoisotopic (exact) mass is 266 g/mol. The quantitative estimate of drug-likeness (QED) is 0.857. The normalized spacial score (nSPS) is 13.9. The van der Waals surface area contributed by atoms with Crippen LogP contribution in [0.1, 0.15) is 37.8 Å². The number of hydrogen-bond donors (Lipinski definition) is 1. The molecule has 0 aliphatic heterocycles. The summed E-state index contributed by atoms with van der Waals surface area (Å²) in [5.74, 6) is -0.184. The van der Waals surface area contributed by atoms with E-state index in [2.05, 4.69) is 32.8 Å². The minimum absolute atomic E-state index is 0.00185. The average Bonchev–Trinajstić information content (AvgIpc) is 2.35. The molecule has 0 aromatic heterocycles. The van der Waals surface area contributed by atoms with Gasteiger partial charge in [0, 0.05) is 11.6 Å². The molecular weight excluding hydrogens is 239 g/mol. The lowest BCUT2D eigenvalue weighted by Crippen LogP contribution is -2.57. The zero-order valence-electron chi connectivity index (χ0n) is 12.8. The highest BCUT2D eigenvalue weighted by Crippen LogP contribution is 2.27. The number of halogens is 1. The van der Waals surface area contributed by atoms with Gasteiger partial charge in [-0.3, -0.25) is 0 Å². The first-order valence-corrected chi connectivity index (χ1v) is 7.05. The Labute approximate surface area is 116 Å². The van der Waals surface area contributed by atoms with E-state index in [1.54, 1.807) is 6.07 Å². The molecule has 0 amide bonds. The molecule has 0 bridgehead atoms. The molecular formula is C16H27FN2. The largest absolute Gasteiger partial charge is 0.326 e.